The summed E-state index contributed by atoms with van der Waals surface area (Å²) in [6.07, 6.45) is 6.92. The normalized spacial score (nSPS) is 16.8. The number of nitrogens with zero attached hydrogens (tertiary/aromatic N) is 5. The second kappa shape index (κ2) is 6.62. The number of nitrogens with one attached hydrogen (secondary N) is 2. The van der Waals surface area contributed by atoms with Gasteiger partial charge in [-0.05, 0) is 35.4 Å². The van der Waals surface area contributed by atoms with Crippen LogP contribution in [0, 0.1) is 0 Å². The maximum Gasteiger partial charge on any atom is 0.248 e. The number of carbonyl (C=O) groups excluding carboxylic acids is 1. The molecule has 1 aromatic carbocycles. The van der Waals surface area contributed by atoms with Crippen LogP contribution >= 0.6 is 0 Å². The van der Waals surface area contributed by atoms with Crippen LogP contribution in [-0.4, -0.2) is 42.6 Å². The van der Waals surface area contributed by atoms with Gasteiger partial charge in [0, 0.05) is 13.0 Å². The van der Waals surface area contributed by atoms with Crippen LogP contribution in [0.3, 0.4) is 0 Å². The Morgan fingerprint density at radius 3 is 2.84 bits per heavy atom. The van der Waals surface area contributed by atoms with Gasteiger partial charge in [0.1, 0.15) is 17.7 Å². The van der Waals surface area contributed by atoms with Gasteiger partial charge < -0.3 is 10.3 Å². The lowest BCUT2D eigenvalue weighted by atomic mass is 9.81. The van der Waals surface area contributed by atoms with Crippen LogP contribution < -0.4 is 5.32 Å². The number of carbonyl (C=O) groups is 1. The summed E-state index contributed by atoms with van der Waals surface area (Å²) >= 11 is 0. The molecule has 0 spiro atoms. The van der Waals surface area contributed by atoms with E-state index in [-0.39, 0.29) is 5.91 Å². The Bertz CT molecular complexity index is 816. The molecular formula is C17H21N7O. The number of imidazole rings is 1. The number of fused-ring (bicyclic) bond motifs is 1. The van der Waals surface area contributed by atoms with E-state index in [1.807, 2.05) is 24.3 Å². The fraction of sp³-hybridized carbons (Fsp3) is 0.471. The van der Waals surface area contributed by atoms with Crippen LogP contribution in [0.5, 0.6) is 0 Å². The molecule has 0 saturated heterocycles. The summed E-state index contributed by atoms with van der Waals surface area (Å²) in [5.74, 6) is 0.872. The van der Waals surface area contributed by atoms with Crippen LogP contribution in [0.25, 0.3) is 11.0 Å². The average Bonchev–Trinajstić information content (AvgIpc) is 3.32. The van der Waals surface area contributed by atoms with Gasteiger partial charge in [-0.15, -0.1) is 5.10 Å². The monoisotopic (exact) mass is 339 g/mol. The van der Waals surface area contributed by atoms with Crippen LogP contribution in [0.1, 0.15) is 37.9 Å². The highest BCUT2D eigenvalue weighted by Gasteiger charge is 2.42. The van der Waals surface area contributed by atoms with E-state index >= 15 is 0 Å². The minimum Gasteiger partial charge on any atom is -0.354 e. The number of aromatic nitrogens is 6. The summed E-state index contributed by atoms with van der Waals surface area (Å²) < 4.78 is 1.63. The quantitative estimate of drug-likeness (QED) is 0.735. The van der Waals surface area contributed by atoms with Gasteiger partial charge in [-0.3, -0.25) is 4.79 Å². The molecule has 25 heavy (non-hydrogen) atoms. The maximum atomic E-state index is 12.9. The smallest absolute Gasteiger partial charge is 0.248 e. The molecule has 0 radical (unpaired) electrons. The van der Waals surface area contributed by atoms with Crippen molar-refractivity contribution in [2.75, 3.05) is 6.54 Å². The molecule has 4 rings (SSSR count). The summed E-state index contributed by atoms with van der Waals surface area (Å²) in [7, 11) is 0. The predicted molar refractivity (Wildman–Crippen MR) is 91.7 cm³/mol. The summed E-state index contributed by atoms with van der Waals surface area (Å²) in [5.41, 5.74) is 1.30. The highest BCUT2D eigenvalue weighted by molar-refractivity contribution is 5.84. The Hall–Kier alpha value is -2.77. The Balaban J connectivity index is 1.43. The zero-order valence-electron chi connectivity index (χ0n) is 14.0. The van der Waals surface area contributed by atoms with Crippen molar-refractivity contribution in [2.24, 2.45) is 0 Å². The SMILES string of the molecule is O=C(NCCc1nc2ccccc2[nH]1)C1(n2cnnn2)CCCCC1. The summed E-state index contributed by atoms with van der Waals surface area (Å²) in [4.78, 5) is 20.8. The molecule has 1 amide bonds. The van der Waals surface area contributed by atoms with Gasteiger partial charge in [0.25, 0.3) is 0 Å². The molecule has 0 unspecified atom stereocenters. The van der Waals surface area contributed by atoms with Gasteiger partial charge in [-0.2, -0.15) is 0 Å². The van der Waals surface area contributed by atoms with Crippen LogP contribution in [-0.2, 0) is 16.8 Å². The lowest BCUT2D eigenvalue weighted by Crippen LogP contribution is -2.50. The summed E-state index contributed by atoms with van der Waals surface area (Å²) in [6.45, 7) is 0.530. The van der Waals surface area contributed by atoms with Crippen molar-refractivity contribution in [1.29, 1.82) is 0 Å². The van der Waals surface area contributed by atoms with E-state index in [1.54, 1.807) is 11.0 Å². The van der Waals surface area contributed by atoms with E-state index < -0.39 is 5.54 Å². The molecule has 1 fully saturated rings. The van der Waals surface area contributed by atoms with E-state index in [0.29, 0.717) is 13.0 Å². The molecule has 8 heteroatoms. The van der Waals surface area contributed by atoms with Crippen LogP contribution in [0.15, 0.2) is 30.6 Å². The molecule has 2 aromatic heterocycles. The Kier molecular flexibility index (Phi) is 4.17. The van der Waals surface area contributed by atoms with Crippen LogP contribution in [0.4, 0.5) is 0 Å². The number of para-hydroxylation sites is 2. The fourth-order valence-corrected chi connectivity index (χ4v) is 3.64. The first-order chi connectivity index (χ1) is 12.3. The second-order valence-electron chi connectivity index (χ2n) is 6.55. The van der Waals surface area contributed by atoms with Gasteiger partial charge in [-0.25, -0.2) is 9.67 Å². The first-order valence-corrected chi connectivity index (χ1v) is 8.73. The maximum absolute atomic E-state index is 12.9. The van der Waals surface area contributed by atoms with Crippen LogP contribution in [0.2, 0.25) is 0 Å². The Morgan fingerprint density at radius 2 is 2.08 bits per heavy atom. The number of hydrogen-bond donors (Lipinski definition) is 2. The van der Waals surface area contributed by atoms with E-state index in [1.165, 1.54) is 0 Å². The zero-order valence-corrected chi connectivity index (χ0v) is 14.0. The third-order valence-electron chi connectivity index (χ3n) is 4.98. The molecule has 0 aliphatic heterocycles. The Labute approximate surface area is 145 Å². The zero-order chi connectivity index (χ0) is 17.1. The molecule has 1 saturated carbocycles. The number of aromatic amines is 1. The summed E-state index contributed by atoms with van der Waals surface area (Å²) in [6, 6.07) is 7.92. The topological polar surface area (TPSA) is 101 Å². The van der Waals surface area contributed by atoms with Crippen molar-refractivity contribution in [3.63, 3.8) is 0 Å². The van der Waals surface area contributed by atoms with Crippen molar-refractivity contribution in [2.45, 2.75) is 44.1 Å². The minimum absolute atomic E-state index is 0.00406. The largest absolute Gasteiger partial charge is 0.354 e. The lowest BCUT2D eigenvalue weighted by molar-refractivity contribution is -0.132. The molecule has 130 valence electrons. The molecule has 2 heterocycles. The van der Waals surface area contributed by atoms with Crippen molar-refractivity contribution >= 4 is 16.9 Å². The number of amides is 1. The molecule has 0 bridgehead atoms. The average molecular weight is 339 g/mol. The predicted octanol–water partition coefficient (Wildman–Crippen LogP) is 1.57. The number of rotatable bonds is 5. The van der Waals surface area contributed by atoms with E-state index in [4.69, 9.17) is 0 Å². The van der Waals surface area contributed by atoms with Crippen molar-refractivity contribution < 1.29 is 4.79 Å². The highest BCUT2D eigenvalue weighted by Crippen LogP contribution is 2.34. The highest BCUT2D eigenvalue weighted by atomic mass is 16.2. The Morgan fingerprint density at radius 1 is 1.24 bits per heavy atom. The lowest BCUT2D eigenvalue weighted by Gasteiger charge is -2.35. The molecule has 1 aliphatic rings. The minimum atomic E-state index is -0.657. The van der Waals surface area contributed by atoms with Crippen molar-refractivity contribution in [3.05, 3.63) is 36.4 Å². The number of benzene rings is 1. The van der Waals surface area contributed by atoms with E-state index in [0.717, 1.165) is 49.0 Å². The first kappa shape index (κ1) is 15.7. The van der Waals surface area contributed by atoms with E-state index in [2.05, 4.69) is 30.8 Å². The second-order valence-corrected chi connectivity index (χ2v) is 6.55. The summed E-state index contributed by atoms with van der Waals surface area (Å²) in [5, 5.41) is 14.5. The standard InChI is InChI=1S/C17H21N7O/c25-16(17(9-4-1-5-10-17)24-12-19-22-23-24)18-11-8-15-20-13-6-2-3-7-14(13)21-15/h2-3,6-7,12H,1,4-5,8-11H2,(H,18,25)(H,20,21). The molecule has 2 N–H and O–H groups in total. The van der Waals surface area contributed by atoms with Gasteiger partial charge in [-0.1, -0.05) is 31.4 Å². The fourth-order valence-electron chi connectivity index (χ4n) is 3.64. The number of hydrogen-bond acceptors (Lipinski definition) is 5. The van der Waals surface area contributed by atoms with Gasteiger partial charge in [0.2, 0.25) is 5.91 Å². The first-order valence-electron chi connectivity index (χ1n) is 8.73. The molecule has 1 aliphatic carbocycles. The van der Waals surface area contributed by atoms with Crippen molar-refractivity contribution in [1.82, 2.24) is 35.5 Å². The van der Waals surface area contributed by atoms with Gasteiger partial charge in [0.15, 0.2) is 0 Å². The molecule has 0 atom stereocenters. The van der Waals surface area contributed by atoms with Gasteiger partial charge in [0.05, 0.1) is 11.0 Å². The molecule has 3 aromatic rings. The number of H-pyrrole nitrogens is 1. The number of tetrazole rings is 1. The third kappa shape index (κ3) is 2.99. The molecular weight excluding hydrogens is 318 g/mol. The third-order valence-corrected chi connectivity index (χ3v) is 4.98. The molecule has 8 nitrogen and oxygen atoms in total. The van der Waals surface area contributed by atoms with Crippen molar-refractivity contribution in [3.8, 4) is 0 Å². The van der Waals surface area contributed by atoms with Gasteiger partial charge >= 0.3 is 0 Å². The van der Waals surface area contributed by atoms with E-state index in [9.17, 15) is 4.79 Å².